The number of nitrogens with zero attached hydrogens (tertiary/aromatic N) is 1. The second-order valence-electron chi connectivity index (χ2n) is 4.46. The lowest BCUT2D eigenvalue weighted by Gasteiger charge is -2.18. The molecule has 1 aromatic heterocycles. The summed E-state index contributed by atoms with van der Waals surface area (Å²) in [4.78, 5) is 4.36. The molecule has 18 heavy (non-hydrogen) atoms. The molecule has 0 aliphatic heterocycles. The van der Waals surface area contributed by atoms with Crippen LogP contribution in [0.25, 0.3) is 0 Å². The average molecular weight is 305 g/mol. The van der Waals surface area contributed by atoms with Gasteiger partial charge in [-0.2, -0.15) is 0 Å². The Morgan fingerprint density at radius 2 is 1.83 bits per heavy atom. The molecule has 0 bridgehead atoms. The van der Waals surface area contributed by atoms with Gasteiger partial charge in [0.2, 0.25) is 0 Å². The van der Waals surface area contributed by atoms with Crippen LogP contribution in [0.2, 0.25) is 0 Å². The molecule has 2 aromatic rings. The van der Waals surface area contributed by atoms with Crippen molar-refractivity contribution in [1.29, 1.82) is 0 Å². The van der Waals surface area contributed by atoms with E-state index in [-0.39, 0.29) is 6.04 Å². The van der Waals surface area contributed by atoms with Crippen LogP contribution in [0.5, 0.6) is 0 Å². The van der Waals surface area contributed by atoms with E-state index < -0.39 is 0 Å². The lowest BCUT2D eigenvalue weighted by molar-refractivity contribution is 0.687. The van der Waals surface area contributed by atoms with Crippen molar-refractivity contribution in [3.63, 3.8) is 0 Å². The first-order valence-electron chi connectivity index (χ1n) is 5.97. The van der Waals surface area contributed by atoms with Gasteiger partial charge in [0.25, 0.3) is 0 Å². The molecule has 2 nitrogen and oxygen atoms in total. The molecular formula is C15H17BrN2. The summed E-state index contributed by atoms with van der Waals surface area (Å²) in [7, 11) is 1.97. The van der Waals surface area contributed by atoms with Crippen molar-refractivity contribution >= 4 is 15.9 Å². The molecule has 1 unspecified atom stereocenters. The SMILES string of the molecule is CNC(c1ccc(C)nc1)c1ccc(C)c(Br)c1. The molecule has 3 heteroatoms. The Bertz CT molecular complexity index is 535. The highest BCUT2D eigenvalue weighted by molar-refractivity contribution is 9.10. The van der Waals surface area contributed by atoms with E-state index in [4.69, 9.17) is 0 Å². The van der Waals surface area contributed by atoms with Gasteiger partial charge in [-0.15, -0.1) is 0 Å². The van der Waals surface area contributed by atoms with Gasteiger partial charge >= 0.3 is 0 Å². The monoisotopic (exact) mass is 304 g/mol. The number of pyridine rings is 1. The predicted molar refractivity (Wildman–Crippen MR) is 78.8 cm³/mol. The lowest BCUT2D eigenvalue weighted by atomic mass is 9.99. The van der Waals surface area contributed by atoms with Gasteiger partial charge in [-0.05, 0) is 49.7 Å². The third kappa shape index (κ3) is 2.79. The van der Waals surface area contributed by atoms with Crippen LogP contribution in [-0.2, 0) is 0 Å². The van der Waals surface area contributed by atoms with Gasteiger partial charge in [-0.1, -0.05) is 34.1 Å². The Morgan fingerprint density at radius 3 is 2.39 bits per heavy atom. The van der Waals surface area contributed by atoms with Gasteiger partial charge in [0.05, 0.1) is 6.04 Å². The molecule has 0 radical (unpaired) electrons. The number of benzene rings is 1. The van der Waals surface area contributed by atoms with Crippen molar-refractivity contribution in [2.24, 2.45) is 0 Å². The standard InChI is InChI=1S/C15H17BrN2/c1-10-4-6-12(8-14(10)16)15(17-3)13-7-5-11(2)18-9-13/h4-9,15,17H,1-3H3. The van der Waals surface area contributed by atoms with Crippen LogP contribution in [0.4, 0.5) is 0 Å². The van der Waals surface area contributed by atoms with Crippen LogP contribution >= 0.6 is 15.9 Å². The minimum absolute atomic E-state index is 0.176. The van der Waals surface area contributed by atoms with E-state index in [1.54, 1.807) is 0 Å². The molecule has 0 amide bonds. The summed E-state index contributed by atoms with van der Waals surface area (Å²) >= 11 is 3.58. The predicted octanol–water partition coefficient (Wildman–Crippen LogP) is 3.77. The molecule has 94 valence electrons. The molecule has 0 saturated carbocycles. The maximum Gasteiger partial charge on any atom is 0.0589 e. The van der Waals surface area contributed by atoms with E-state index in [9.17, 15) is 0 Å². The van der Waals surface area contributed by atoms with Crippen LogP contribution in [0.3, 0.4) is 0 Å². The molecule has 0 fully saturated rings. The van der Waals surface area contributed by atoms with Gasteiger partial charge in [0, 0.05) is 16.4 Å². The zero-order chi connectivity index (χ0) is 13.1. The summed E-state index contributed by atoms with van der Waals surface area (Å²) in [5.41, 5.74) is 4.70. The summed E-state index contributed by atoms with van der Waals surface area (Å²) < 4.78 is 1.14. The summed E-state index contributed by atoms with van der Waals surface area (Å²) in [6.45, 7) is 4.09. The Balaban J connectivity index is 2.38. The van der Waals surface area contributed by atoms with E-state index in [0.29, 0.717) is 0 Å². The third-order valence-corrected chi connectivity index (χ3v) is 3.94. The van der Waals surface area contributed by atoms with Crippen LogP contribution in [0.15, 0.2) is 41.0 Å². The third-order valence-electron chi connectivity index (χ3n) is 3.09. The number of aryl methyl sites for hydroxylation is 2. The Kier molecular flexibility index (Phi) is 4.15. The highest BCUT2D eigenvalue weighted by Gasteiger charge is 2.12. The number of aromatic nitrogens is 1. The second-order valence-corrected chi connectivity index (χ2v) is 5.32. The van der Waals surface area contributed by atoms with Gasteiger partial charge in [-0.25, -0.2) is 0 Å². The Morgan fingerprint density at radius 1 is 1.11 bits per heavy atom. The second kappa shape index (κ2) is 5.63. The van der Waals surface area contributed by atoms with Gasteiger partial charge in [-0.3, -0.25) is 4.98 Å². The largest absolute Gasteiger partial charge is 0.309 e. The Labute approximate surface area is 117 Å². The first-order chi connectivity index (χ1) is 8.61. The first kappa shape index (κ1) is 13.2. The molecular weight excluding hydrogens is 288 g/mol. The molecule has 1 aromatic carbocycles. The quantitative estimate of drug-likeness (QED) is 0.933. The smallest absolute Gasteiger partial charge is 0.0589 e. The number of hydrogen-bond acceptors (Lipinski definition) is 2. The van der Waals surface area contributed by atoms with E-state index >= 15 is 0 Å². The van der Waals surface area contributed by atoms with Gasteiger partial charge < -0.3 is 5.32 Å². The number of halogens is 1. The Hall–Kier alpha value is -1.19. The van der Waals surface area contributed by atoms with Crippen molar-refractivity contribution in [3.8, 4) is 0 Å². The molecule has 0 aliphatic carbocycles. The van der Waals surface area contributed by atoms with E-state index in [1.165, 1.54) is 16.7 Å². The molecule has 2 rings (SSSR count). The summed E-state index contributed by atoms with van der Waals surface area (Å²) in [5.74, 6) is 0. The zero-order valence-corrected chi connectivity index (χ0v) is 12.5. The summed E-state index contributed by atoms with van der Waals surface area (Å²) in [6.07, 6.45) is 1.93. The highest BCUT2D eigenvalue weighted by Crippen LogP contribution is 2.26. The van der Waals surface area contributed by atoms with Crippen LogP contribution in [0, 0.1) is 13.8 Å². The summed E-state index contributed by atoms with van der Waals surface area (Å²) in [5, 5.41) is 3.34. The van der Waals surface area contributed by atoms with Crippen molar-refractivity contribution in [2.45, 2.75) is 19.9 Å². The van der Waals surface area contributed by atoms with Crippen LogP contribution in [0.1, 0.15) is 28.4 Å². The van der Waals surface area contributed by atoms with Crippen molar-refractivity contribution < 1.29 is 0 Å². The minimum Gasteiger partial charge on any atom is -0.309 e. The average Bonchev–Trinajstić information content (AvgIpc) is 2.37. The molecule has 0 aliphatic rings. The zero-order valence-electron chi connectivity index (χ0n) is 10.9. The maximum absolute atomic E-state index is 4.36. The highest BCUT2D eigenvalue weighted by atomic mass is 79.9. The topological polar surface area (TPSA) is 24.9 Å². The molecule has 0 saturated heterocycles. The fourth-order valence-corrected chi connectivity index (χ4v) is 2.36. The first-order valence-corrected chi connectivity index (χ1v) is 6.77. The fourth-order valence-electron chi connectivity index (χ4n) is 1.96. The minimum atomic E-state index is 0.176. The van der Waals surface area contributed by atoms with E-state index in [1.807, 2.05) is 26.2 Å². The lowest BCUT2D eigenvalue weighted by Crippen LogP contribution is -2.18. The van der Waals surface area contributed by atoms with Gasteiger partial charge in [0.15, 0.2) is 0 Å². The maximum atomic E-state index is 4.36. The van der Waals surface area contributed by atoms with Gasteiger partial charge in [0.1, 0.15) is 0 Å². The molecule has 1 heterocycles. The molecule has 1 atom stereocenters. The van der Waals surface area contributed by atoms with Crippen LogP contribution < -0.4 is 5.32 Å². The molecule has 0 spiro atoms. The van der Waals surface area contributed by atoms with Crippen molar-refractivity contribution in [2.75, 3.05) is 7.05 Å². The number of rotatable bonds is 3. The van der Waals surface area contributed by atoms with Crippen molar-refractivity contribution in [1.82, 2.24) is 10.3 Å². The fraction of sp³-hybridized carbons (Fsp3) is 0.267. The molecule has 1 N–H and O–H groups in total. The summed E-state index contributed by atoms with van der Waals surface area (Å²) in [6, 6.07) is 10.8. The van der Waals surface area contributed by atoms with Crippen molar-refractivity contribution in [3.05, 3.63) is 63.4 Å². The normalized spacial score (nSPS) is 12.4. The van der Waals surface area contributed by atoms with E-state index in [2.05, 4.69) is 57.4 Å². The number of nitrogens with one attached hydrogen (secondary N) is 1. The number of hydrogen-bond donors (Lipinski definition) is 1. The van der Waals surface area contributed by atoms with Crippen LogP contribution in [-0.4, -0.2) is 12.0 Å². The van der Waals surface area contributed by atoms with E-state index in [0.717, 1.165) is 10.2 Å².